The molecule has 0 saturated carbocycles. The first-order valence-electron chi connectivity index (χ1n) is 6.87. The summed E-state index contributed by atoms with van der Waals surface area (Å²) in [6, 6.07) is 4.03. The molecule has 0 spiro atoms. The molecule has 3 heteroatoms. The van der Waals surface area contributed by atoms with Gasteiger partial charge in [-0.05, 0) is 51.8 Å². The van der Waals surface area contributed by atoms with Crippen molar-refractivity contribution in [2.24, 2.45) is 0 Å². The monoisotopic (exact) mass is 234 g/mol. The van der Waals surface area contributed by atoms with Gasteiger partial charge in [-0.3, -0.25) is 4.90 Å². The highest BCUT2D eigenvalue weighted by Crippen LogP contribution is 2.32. The quantitative estimate of drug-likeness (QED) is 0.871. The minimum absolute atomic E-state index is 0.489. The number of rotatable bonds is 3. The Kier molecular flexibility index (Phi) is 3.21. The van der Waals surface area contributed by atoms with E-state index in [9.17, 15) is 0 Å². The average Bonchev–Trinajstić information content (AvgIpc) is 3.09. The lowest BCUT2D eigenvalue weighted by Crippen LogP contribution is -2.44. The van der Waals surface area contributed by atoms with Gasteiger partial charge in [-0.15, -0.1) is 0 Å². The van der Waals surface area contributed by atoms with Crippen LogP contribution in [0.1, 0.15) is 44.2 Å². The van der Waals surface area contributed by atoms with E-state index in [-0.39, 0.29) is 0 Å². The fourth-order valence-corrected chi connectivity index (χ4v) is 3.47. The molecule has 0 amide bonds. The van der Waals surface area contributed by atoms with Crippen molar-refractivity contribution < 1.29 is 4.42 Å². The molecule has 3 heterocycles. The van der Waals surface area contributed by atoms with Gasteiger partial charge < -0.3 is 9.73 Å². The highest BCUT2D eigenvalue weighted by Gasteiger charge is 2.35. The van der Waals surface area contributed by atoms with E-state index in [0.29, 0.717) is 12.1 Å². The predicted octanol–water partition coefficient (Wildman–Crippen LogP) is 2.56. The Morgan fingerprint density at radius 2 is 2.35 bits per heavy atom. The summed E-state index contributed by atoms with van der Waals surface area (Å²) in [6.07, 6.45) is 9.05. The molecule has 0 aromatic carbocycles. The van der Waals surface area contributed by atoms with Crippen molar-refractivity contribution in [3.63, 3.8) is 0 Å². The summed E-state index contributed by atoms with van der Waals surface area (Å²) in [6.45, 7) is 4.74. The van der Waals surface area contributed by atoms with Crippen molar-refractivity contribution in [3.8, 4) is 0 Å². The normalized spacial score (nSPS) is 32.1. The molecule has 2 saturated heterocycles. The molecule has 1 aromatic rings. The average molecular weight is 234 g/mol. The van der Waals surface area contributed by atoms with Crippen LogP contribution < -0.4 is 5.32 Å². The third-order valence-electron chi connectivity index (χ3n) is 4.43. The van der Waals surface area contributed by atoms with E-state index in [1.54, 1.807) is 6.26 Å². The molecule has 0 bridgehead atoms. The molecule has 3 rings (SSSR count). The van der Waals surface area contributed by atoms with Crippen LogP contribution in [0.3, 0.4) is 0 Å². The number of furan rings is 1. The number of hydrogen-bond donors (Lipinski definition) is 1. The standard InChI is InChI=1S/C14H22N2O/c1-11(12-6-9-17-10-12)16-8-3-5-14(16)13-4-2-7-15-13/h6,9-11,13-15H,2-5,7-8H2,1H3. The Hall–Kier alpha value is -0.800. The smallest absolute Gasteiger partial charge is 0.0950 e. The Labute approximate surface area is 103 Å². The molecule has 2 aliphatic heterocycles. The molecule has 0 radical (unpaired) electrons. The van der Waals surface area contributed by atoms with Crippen LogP contribution in [0.4, 0.5) is 0 Å². The van der Waals surface area contributed by atoms with E-state index in [2.05, 4.69) is 23.2 Å². The van der Waals surface area contributed by atoms with Crippen LogP contribution in [0.25, 0.3) is 0 Å². The van der Waals surface area contributed by atoms with Crippen LogP contribution in [0.15, 0.2) is 23.0 Å². The van der Waals surface area contributed by atoms with Gasteiger partial charge in [0.25, 0.3) is 0 Å². The summed E-state index contributed by atoms with van der Waals surface area (Å²) in [5.41, 5.74) is 1.31. The molecule has 94 valence electrons. The lowest BCUT2D eigenvalue weighted by molar-refractivity contribution is 0.163. The maximum Gasteiger partial charge on any atom is 0.0950 e. The van der Waals surface area contributed by atoms with Gasteiger partial charge in [0.1, 0.15) is 0 Å². The molecule has 3 unspecified atom stereocenters. The maximum atomic E-state index is 5.21. The maximum absolute atomic E-state index is 5.21. The predicted molar refractivity (Wildman–Crippen MR) is 67.9 cm³/mol. The van der Waals surface area contributed by atoms with Crippen molar-refractivity contribution >= 4 is 0 Å². The SMILES string of the molecule is CC(c1ccoc1)N1CCCC1C1CCCN1. The molecule has 3 nitrogen and oxygen atoms in total. The van der Waals surface area contributed by atoms with Gasteiger partial charge in [0.2, 0.25) is 0 Å². The summed E-state index contributed by atoms with van der Waals surface area (Å²) >= 11 is 0. The molecule has 3 atom stereocenters. The van der Waals surface area contributed by atoms with Crippen molar-refractivity contribution in [1.29, 1.82) is 0 Å². The van der Waals surface area contributed by atoms with E-state index in [1.807, 2.05) is 6.26 Å². The minimum Gasteiger partial charge on any atom is -0.472 e. The lowest BCUT2D eigenvalue weighted by atomic mass is 10.0. The van der Waals surface area contributed by atoms with Crippen LogP contribution in [-0.2, 0) is 0 Å². The Bertz CT molecular complexity index is 343. The molecule has 0 aliphatic carbocycles. The van der Waals surface area contributed by atoms with Gasteiger partial charge >= 0.3 is 0 Å². The summed E-state index contributed by atoms with van der Waals surface area (Å²) in [4.78, 5) is 2.66. The lowest BCUT2D eigenvalue weighted by Gasteiger charge is -2.33. The van der Waals surface area contributed by atoms with Gasteiger partial charge in [-0.25, -0.2) is 0 Å². The first-order valence-corrected chi connectivity index (χ1v) is 6.87. The highest BCUT2D eigenvalue weighted by atomic mass is 16.3. The van der Waals surface area contributed by atoms with Crippen LogP contribution >= 0.6 is 0 Å². The van der Waals surface area contributed by atoms with Crippen LogP contribution in [0.2, 0.25) is 0 Å². The van der Waals surface area contributed by atoms with Crippen molar-refractivity contribution in [2.75, 3.05) is 13.1 Å². The summed E-state index contributed by atoms with van der Waals surface area (Å²) in [5, 5.41) is 3.66. The molecule has 1 aromatic heterocycles. The fraction of sp³-hybridized carbons (Fsp3) is 0.714. The summed E-state index contributed by atoms with van der Waals surface area (Å²) in [7, 11) is 0. The Morgan fingerprint density at radius 3 is 3.06 bits per heavy atom. The van der Waals surface area contributed by atoms with Gasteiger partial charge in [0.15, 0.2) is 0 Å². The second-order valence-electron chi connectivity index (χ2n) is 5.38. The van der Waals surface area contributed by atoms with Crippen molar-refractivity contribution in [3.05, 3.63) is 24.2 Å². The van der Waals surface area contributed by atoms with E-state index >= 15 is 0 Å². The number of nitrogens with one attached hydrogen (secondary N) is 1. The number of nitrogens with zero attached hydrogens (tertiary/aromatic N) is 1. The highest BCUT2D eigenvalue weighted by molar-refractivity contribution is 5.12. The van der Waals surface area contributed by atoms with Crippen LogP contribution in [0.5, 0.6) is 0 Å². The number of hydrogen-bond acceptors (Lipinski definition) is 3. The first kappa shape index (κ1) is 11.3. The molecular weight excluding hydrogens is 212 g/mol. The molecule has 2 fully saturated rings. The van der Waals surface area contributed by atoms with Crippen LogP contribution in [-0.4, -0.2) is 30.1 Å². The van der Waals surface area contributed by atoms with Gasteiger partial charge in [-0.2, -0.15) is 0 Å². The van der Waals surface area contributed by atoms with Gasteiger partial charge in [0.05, 0.1) is 12.5 Å². The largest absolute Gasteiger partial charge is 0.472 e. The number of likely N-dealkylation sites (tertiary alicyclic amines) is 1. The van der Waals surface area contributed by atoms with Gasteiger partial charge in [0, 0.05) is 23.7 Å². The van der Waals surface area contributed by atoms with E-state index in [0.717, 1.165) is 6.04 Å². The summed E-state index contributed by atoms with van der Waals surface area (Å²) in [5.74, 6) is 0. The van der Waals surface area contributed by atoms with Gasteiger partial charge in [-0.1, -0.05) is 0 Å². The molecular formula is C14H22N2O. The molecule has 2 aliphatic rings. The van der Waals surface area contributed by atoms with E-state index in [4.69, 9.17) is 4.42 Å². The third-order valence-corrected chi connectivity index (χ3v) is 4.43. The van der Waals surface area contributed by atoms with Crippen LogP contribution in [0, 0.1) is 0 Å². The zero-order valence-corrected chi connectivity index (χ0v) is 10.6. The molecule has 17 heavy (non-hydrogen) atoms. The Morgan fingerprint density at radius 1 is 1.41 bits per heavy atom. The third kappa shape index (κ3) is 2.14. The summed E-state index contributed by atoms with van der Waals surface area (Å²) < 4.78 is 5.21. The second-order valence-corrected chi connectivity index (χ2v) is 5.38. The second kappa shape index (κ2) is 4.83. The zero-order chi connectivity index (χ0) is 11.7. The van der Waals surface area contributed by atoms with E-state index in [1.165, 1.54) is 44.3 Å². The van der Waals surface area contributed by atoms with E-state index < -0.39 is 0 Å². The zero-order valence-electron chi connectivity index (χ0n) is 10.6. The minimum atomic E-state index is 0.489. The molecule has 1 N–H and O–H groups in total. The Balaban J connectivity index is 1.72. The topological polar surface area (TPSA) is 28.4 Å². The van der Waals surface area contributed by atoms with Crippen molar-refractivity contribution in [1.82, 2.24) is 10.2 Å². The fourth-order valence-electron chi connectivity index (χ4n) is 3.47. The first-order chi connectivity index (χ1) is 8.36. The van der Waals surface area contributed by atoms with Crippen molar-refractivity contribution in [2.45, 2.75) is 50.7 Å².